The summed E-state index contributed by atoms with van der Waals surface area (Å²) in [7, 11) is -3.53. The zero-order chi connectivity index (χ0) is 23.1. The first-order valence-electron chi connectivity index (χ1n) is 10.9. The van der Waals surface area contributed by atoms with Gasteiger partial charge in [-0.15, -0.1) is 0 Å². The number of hydrogen-bond donors (Lipinski definition) is 3. The van der Waals surface area contributed by atoms with E-state index in [0.717, 1.165) is 18.4 Å². The molecule has 0 aliphatic heterocycles. The predicted molar refractivity (Wildman–Crippen MR) is 120 cm³/mol. The molecule has 3 rings (SSSR count). The Morgan fingerprint density at radius 3 is 2.41 bits per heavy atom. The van der Waals surface area contributed by atoms with E-state index in [9.17, 15) is 18.0 Å². The topological polar surface area (TPSA) is 118 Å². The molecule has 174 valence electrons. The zero-order valence-electron chi connectivity index (χ0n) is 18.5. The van der Waals surface area contributed by atoms with E-state index in [-0.39, 0.29) is 35.1 Å². The second-order valence-corrected chi connectivity index (χ2v) is 10.2. The molecule has 2 amide bonds. The SMILES string of the molecule is Cc1ccc(S(=O)(=O)NCC2CCC(C(=O)N[C@H](C)C(=O)NCc3ccco3)CC2)cc1. The average molecular weight is 462 g/mol. The van der Waals surface area contributed by atoms with Crippen molar-refractivity contribution in [3.8, 4) is 0 Å². The highest BCUT2D eigenvalue weighted by molar-refractivity contribution is 7.89. The quantitative estimate of drug-likeness (QED) is 0.530. The summed E-state index contributed by atoms with van der Waals surface area (Å²) in [6.07, 6.45) is 4.39. The van der Waals surface area contributed by atoms with Crippen LogP contribution >= 0.6 is 0 Å². The van der Waals surface area contributed by atoms with Crippen LogP contribution in [-0.2, 0) is 26.2 Å². The monoisotopic (exact) mass is 461 g/mol. The van der Waals surface area contributed by atoms with Crippen LogP contribution in [0.25, 0.3) is 0 Å². The van der Waals surface area contributed by atoms with E-state index in [1.807, 2.05) is 6.92 Å². The lowest BCUT2D eigenvalue weighted by Crippen LogP contribution is -2.47. The van der Waals surface area contributed by atoms with Crippen LogP contribution in [-0.4, -0.2) is 32.8 Å². The highest BCUT2D eigenvalue weighted by Gasteiger charge is 2.29. The van der Waals surface area contributed by atoms with Gasteiger partial charge < -0.3 is 15.1 Å². The molecule has 0 radical (unpaired) electrons. The standard InChI is InChI=1S/C23H31N3O5S/c1-16-5-11-21(12-6-16)32(29,30)25-14-18-7-9-19(10-8-18)23(28)26-17(2)22(27)24-15-20-4-3-13-31-20/h3-6,11-13,17-19,25H,7-10,14-15H2,1-2H3,(H,24,27)(H,26,28)/t17-,18?,19?/m1/s1. The number of amides is 2. The Hall–Kier alpha value is -2.65. The van der Waals surface area contributed by atoms with Gasteiger partial charge in [-0.1, -0.05) is 17.7 Å². The molecule has 1 saturated carbocycles. The van der Waals surface area contributed by atoms with Crippen molar-refractivity contribution in [2.45, 2.75) is 57.0 Å². The number of carbonyl (C=O) groups is 2. The Kier molecular flexibility index (Phi) is 8.09. The molecule has 1 aliphatic rings. The first kappa shape index (κ1) is 24.0. The largest absolute Gasteiger partial charge is 0.467 e. The number of hydrogen-bond acceptors (Lipinski definition) is 5. The number of sulfonamides is 1. The summed E-state index contributed by atoms with van der Waals surface area (Å²) in [5.74, 6) is 0.264. The van der Waals surface area contributed by atoms with Gasteiger partial charge in [0.15, 0.2) is 0 Å². The van der Waals surface area contributed by atoms with Crippen molar-refractivity contribution >= 4 is 21.8 Å². The van der Waals surface area contributed by atoms with Gasteiger partial charge in [0.2, 0.25) is 21.8 Å². The van der Waals surface area contributed by atoms with Gasteiger partial charge in [0.25, 0.3) is 0 Å². The van der Waals surface area contributed by atoms with Gasteiger partial charge >= 0.3 is 0 Å². The van der Waals surface area contributed by atoms with Crippen LogP contribution < -0.4 is 15.4 Å². The number of nitrogens with one attached hydrogen (secondary N) is 3. The van der Waals surface area contributed by atoms with Crippen molar-refractivity contribution in [2.24, 2.45) is 11.8 Å². The highest BCUT2D eigenvalue weighted by Crippen LogP contribution is 2.29. The minimum absolute atomic E-state index is 0.135. The third-order valence-corrected chi connectivity index (χ3v) is 7.32. The van der Waals surface area contributed by atoms with Gasteiger partial charge in [0.1, 0.15) is 11.8 Å². The predicted octanol–water partition coefficient (Wildman–Crippen LogP) is 2.49. The lowest BCUT2D eigenvalue weighted by molar-refractivity contribution is -0.131. The van der Waals surface area contributed by atoms with E-state index in [4.69, 9.17) is 4.42 Å². The summed E-state index contributed by atoms with van der Waals surface area (Å²) in [5.41, 5.74) is 1.00. The Morgan fingerprint density at radius 1 is 1.09 bits per heavy atom. The van der Waals surface area contributed by atoms with Crippen LogP contribution in [0.1, 0.15) is 43.9 Å². The highest BCUT2D eigenvalue weighted by atomic mass is 32.2. The summed E-state index contributed by atoms with van der Waals surface area (Å²) in [5, 5.41) is 5.52. The first-order chi connectivity index (χ1) is 15.2. The van der Waals surface area contributed by atoms with Crippen molar-refractivity contribution < 1.29 is 22.4 Å². The normalized spacial score (nSPS) is 19.8. The first-order valence-corrected chi connectivity index (χ1v) is 12.4. The van der Waals surface area contributed by atoms with Gasteiger partial charge in [-0.25, -0.2) is 13.1 Å². The fourth-order valence-electron chi connectivity index (χ4n) is 3.79. The Balaban J connectivity index is 1.39. The third-order valence-electron chi connectivity index (χ3n) is 5.88. The smallest absolute Gasteiger partial charge is 0.242 e. The molecule has 1 aromatic heterocycles. The molecule has 1 aliphatic carbocycles. The van der Waals surface area contributed by atoms with E-state index in [1.165, 1.54) is 6.26 Å². The molecule has 0 spiro atoms. The van der Waals surface area contributed by atoms with Crippen LogP contribution in [0.15, 0.2) is 52.0 Å². The maximum Gasteiger partial charge on any atom is 0.242 e. The molecule has 1 fully saturated rings. The summed E-state index contributed by atoms with van der Waals surface area (Å²) >= 11 is 0. The van der Waals surface area contributed by atoms with Crippen LogP contribution in [0.3, 0.4) is 0 Å². The summed E-state index contributed by atoms with van der Waals surface area (Å²) in [6.45, 7) is 4.19. The van der Waals surface area contributed by atoms with Crippen molar-refractivity contribution in [1.82, 2.24) is 15.4 Å². The number of furan rings is 1. The minimum atomic E-state index is -3.53. The second kappa shape index (κ2) is 10.8. The van der Waals surface area contributed by atoms with Crippen LogP contribution in [0.4, 0.5) is 0 Å². The van der Waals surface area contributed by atoms with Gasteiger partial charge in [-0.3, -0.25) is 9.59 Å². The fourth-order valence-corrected chi connectivity index (χ4v) is 4.91. The molecule has 1 aromatic carbocycles. The minimum Gasteiger partial charge on any atom is -0.467 e. The van der Waals surface area contributed by atoms with Crippen LogP contribution in [0, 0.1) is 18.8 Å². The summed E-state index contributed by atoms with van der Waals surface area (Å²) < 4.78 is 32.8. The number of aryl methyl sites for hydroxylation is 1. The Bertz CT molecular complexity index is 995. The maximum absolute atomic E-state index is 12.6. The molecule has 32 heavy (non-hydrogen) atoms. The lowest BCUT2D eigenvalue weighted by atomic mass is 9.81. The summed E-state index contributed by atoms with van der Waals surface area (Å²) in [4.78, 5) is 25.0. The Morgan fingerprint density at radius 2 is 1.78 bits per heavy atom. The van der Waals surface area contributed by atoms with E-state index in [1.54, 1.807) is 43.3 Å². The molecule has 9 heteroatoms. The van der Waals surface area contributed by atoms with E-state index in [0.29, 0.717) is 25.1 Å². The molecule has 1 heterocycles. The van der Waals surface area contributed by atoms with E-state index in [2.05, 4.69) is 15.4 Å². The number of benzene rings is 1. The van der Waals surface area contributed by atoms with Gasteiger partial charge in [-0.2, -0.15) is 0 Å². The summed E-state index contributed by atoms with van der Waals surface area (Å²) in [6, 6.07) is 9.62. The third kappa shape index (κ3) is 6.67. The zero-order valence-corrected chi connectivity index (χ0v) is 19.3. The van der Waals surface area contributed by atoms with Gasteiger partial charge in [0.05, 0.1) is 17.7 Å². The van der Waals surface area contributed by atoms with Crippen molar-refractivity contribution in [3.63, 3.8) is 0 Å². The average Bonchev–Trinajstić information content (AvgIpc) is 3.30. The van der Waals surface area contributed by atoms with Crippen LogP contribution in [0.5, 0.6) is 0 Å². The van der Waals surface area contributed by atoms with E-state index < -0.39 is 16.1 Å². The molecular formula is C23H31N3O5S. The van der Waals surface area contributed by atoms with Gasteiger partial charge in [-0.05, 0) is 69.7 Å². The molecule has 0 saturated heterocycles. The van der Waals surface area contributed by atoms with E-state index >= 15 is 0 Å². The van der Waals surface area contributed by atoms with Crippen molar-refractivity contribution in [2.75, 3.05) is 6.54 Å². The Labute approximate surface area is 189 Å². The molecule has 1 atom stereocenters. The molecule has 0 unspecified atom stereocenters. The number of rotatable bonds is 9. The van der Waals surface area contributed by atoms with Crippen LogP contribution in [0.2, 0.25) is 0 Å². The molecule has 8 nitrogen and oxygen atoms in total. The molecule has 2 aromatic rings. The molecular weight excluding hydrogens is 430 g/mol. The second-order valence-electron chi connectivity index (χ2n) is 8.41. The molecule has 3 N–H and O–H groups in total. The van der Waals surface area contributed by atoms with Crippen molar-refractivity contribution in [3.05, 3.63) is 54.0 Å². The maximum atomic E-state index is 12.6. The van der Waals surface area contributed by atoms with Gasteiger partial charge in [0, 0.05) is 12.5 Å². The van der Waals surface area contributed by atoms with Crippen molar-refractivity contribution in [1.29, 1.82) is 0 Å². The fraction of sp³-hybridized carbons (Fsp3) is 0.478. The molecule has 0 bridgehead atoms. The lowest BCUT2D eigenvalue weighted by Gasteiger charge is -2.28. The number of carbonyl (C=O) groups excluding carboxylic acids is 2.